The van der Waals surface area contributed by atoms with E-state index in [0.717, 1.165) is 40.9 Å². The first kappa shape index (κ1) is 11.7. The number of anilines is 1. The molecule has 0 unspecified atom stereocenters. The van der Waals surface area contributed by atoms with Crippen molar-refractivity contribution in [1.29, 1.82) is 0 Å². The zero-order valence-corrected chi connectivity index (χ0v) is 11.5. The van der Waals surface area contributed by atoms with E-state index in [1.54, 1.807) is 0 Å². The van der Waals surface area contributed by atoms with Crippen LogP contribution in [0.4, 0.5) is 5.82 Å². The number of fused-ring (bicyclic) bond motifs is 3. The van der Waals surface area contributed by atoms with Crippen molar-refractivity contribution in [2.24, 2.45) is 0 Å². The highest BCUT2D eigenvalue weighted by atomic mass is 35.5. The highest BCUT2D eigenvalue weighted by Gasteiger charge is 2.24. The Morgan fingerprint density at radius 3 is 2.80 bits per heavy atom. The first-order valence-corrected chi connectivity index (χ1v) is 7.03. The molecule has 0 bridgehead atoms. The van der Waals surface area contributed by atoms with Crippen molar-refractivity contribution in [2.75, 3.05) is 5.73 Å². The second-order valence-corrected chi connectivity index (χ2v) is 5.49. The van der Waals surface area contributed by atoms with E-state index in [2.05, 4.69) is 10.2 Å². The van der Waals surface area contributed by atoms with Crippen LogP contribution < -0.4 is 5.73 Å². The summed E-state index contributed by atoms with van der Waals surface area (Å²) < 4.78 is 0. The third-order valence-electron chi connectivity index (χ3n) is 3.93. The minimum Gasteiger partial charge on any atom is -0.384 e. The van der Waals surface area contributed by atoms with E-state index in [1.807, 2.05) is 24.3 Å². The van der Waals surface area contributed by atoms with E-state index in [-0.39, 0.29) is 0 Å². The van der Waals surface area contributed by atoms with Crippen molar-refractivity contribution < 1.29 is 0 Å². The molecule has 100 valence electrons. The smallest absolute Gasteiger partial charge is 0.183 e. The van der Waals surface area contributed by atoms with Crippen molar-refractivity contribution in [3.8, 4) is 11.3 Å². The van der Waals surface area contributed by atoms with Crippen molar-refractivity contribution >= 4 is 28.5 Å². The lowest BCUT2D eigenvalue weighted by atomic mass is 10.0. The van der Waals surface area contributed by atoms with Gasteiger partial charge in [0.25, 0.3) is 0 Å². The second kappa shape index (κ2) is 4.21. The summed E-state index contributed by atoms with van der Waals surface area (Å²) in [6.07, 6.45) is 3.16. The summed E-state index contributed by atoms with van der Waals surface area (Å²) in [6, 6.07) is 7.80. The number of nitrogen functional groups attached to an aromatic ring is 1. The lowest BCUT2D eigenvalue weighted by Crippen LogP contribution is -1.96. The maximum Gasteiger partial charge on any atom is 0.183 e. The Labute approximate surface area is 121 Å². The minimum atomic E-state index is 0.608. The molecule has 0 fully saturated rings. The van der Waals surface area contributed by atoms with Crippen LogP contribution in [0.3, 0.4) is 0 Å². The molecule has 0 spiro atoms. The average Bonchev–Trinajstić information content (AvgIpc) is 3.05. The highest BCUT2D eigenvalue weighted by Crippen LogP contribution is 2.39. The Morgan fingerprint density at radius 2 is 1.95 bits per heavy atom. The predicted octanol–water partition coefficient (Wildman–Crippen LogP) is 3.35. The molecule has 0 saturated heterocycles. The minimum absolute atomic E-state index is 0.608. The van der Waals surface area contributed by atoms with Crippen LogP contribution in [0, 0.1) is 0 Å². The molecule has 1 aliphatic carbocycles. The lowest BCUT2D eigenvalue weighted by molar-refractivity contribution is 0.913. The average molecular weight is 285 g/mol. The topological polar surface area (TPSA) is 67.6 Å². The number of benzene rings is 1. The molecule has 0 saturated carbocycles. The number of nitrogens with one attached hydrogen (secondary N) is 1. The molecule has 1 aromatic carbocycles. The highest BCUT2D eigenvalue weighted by molar-refractivity contribution is 6.33. The molecule has 0 aliphatic heterocycles. The number of hydrogen-bond donors (Lipinski definition) is 2. The molecule has 3 N–H and O–H groups in total. The van der Waals surface area contributed by atoms with Crippen LogP contribution in [-0.4, -0.2) is 15.2 Å². The van der Waals surface area contributed by atoms with Crippen LogP contribution in [0.1, 0.15) is 17.5 Å². The van der Waals surface area contributed by atoms with Gasteiger partial charge in [-0.3, -0.25) is 5.10 Å². The molecule has 4 nitrogen and oxygen atoms in total. The number of rotatable bonds is 1. The van der Waals surface area contributed by atoms with Crippen molar-refractivity contribution in [3.05, 3.63) is 40.4 Å². The third kappa shape index (κ3) is 1.55. The summed E-state index contributed by atoms with van der Waals surface area (Å²) in [6.45, 7) is 0. The van der Waals surface area contributed by atoms with Crippen LogP contribution in [0.2, 0.25) is 5.02 Å². The summed E-state index contributed by atoms with van der Waals surface area (Å²) in [7, 11) is 0. The van der Waals surface area contributed by atoms with Gasteiger partial charge in [-0.15, -0.1) is 0 Å². The monoisotopic (exact) mass is 284 g/mol. The largest absolute Gasteiger partial charge is 0.384 e. The molecule has 5 heteroatoms. The van der Waals surface area contributed by atoms with Gasteiger partial charge in [-0.25, -0.2) is 4.98 Å². The standard InChI is InChI=1S/C15H13ClN4/c16-11-7-2-1-4-10(11)13-9-6-3-5-8(9)12-14(17)19-20-15(12)18-13/h1-2,4,7H,3,5-6H2,(H3,17,18,19,20). The van der Waals surface area contributed by atoms with Gasteiger partial charge in [0, 0.05) is 10.6 Å². The number of aryl methyl sites for hydroxylation is 1. The molecule has 2 heterocycles. The van der Waals surface area contributed by atoms with Gasteiger partial charge < -0.3 is 5.73 Å². The number of hydrogen-bond acceptors (Lipinski definition) is 3. The zero-order chi connectivity index (χ0) is 13.7. The fourth-order valence-corrected chi connectivity index (χ4v) is 3.28. The predicted molar refractivity (Wildman–Crippen MR) is 80.8 cm³/mol. The number of H-pyrrole nitrogens is 1. The van der Waals surface area contributed by atoms with Gasteiger partial charge in [-0.2, -0.15) is 5.10 Å². The SMILES string of the molecule is Nc1[nH]nc2nc(-c3ccccc3Cl)c3c(c12)CCC3. The summed E-state index contributed by atoms with van der Waals surface area (Å²) in [5, 5.41) is 8.74. The van der Waals surface area contributed by atoms with Crippen LogP contribution in [0.15, 0.2) is 24.3 Å². The molecule has 2 aromatic heterocycles. The van der Waals surface area contributed by atoms with Gasteiger partial charge in [-0.05, 0) is 36.5 Å². The quantitative estimate of drug-likeness (QED) is 0.720. The Morgan fingerprint density at radius 1 is 1.15 bits per heavy atom. The molecular formula is C15H13ClN4. The van der Waals surface area contributed by atoms with Gasteiger partial charge in [0.1, 0.15) is 5.82 Å². The van der Waals surface area contributed by atoms with Gasteiger partial charge in [0.2, 0.25) is 0 Å². The maximum atomic E-state index is 6.32. The van der Waals surface area contributed by atoms with E-state index in [0.29, 0.717) is 11.5 Å². The summed E-state index contributed by atoms with van der Waals surface area (Å²) in [4.78, 5) is 4.69. The Bertz CT molecular complexity index is 822. The van der Waals surface area contributed by atoms with Crippen LogP contribution in [0.5, 0.6) is 0 Å². The van der Waals surface area contributed by atoms with E-state index in [9.17, 15) is 0 Å². The number of pyridine rings is 1. The van der Waals surface area contributed by atoms with Gasteiger partial charge in [0.15, 0.2) is 5.65 Å². The molecular weight excluding hydrogens is 272 g/mol. The summed E-state index contributed by atoms with van der Waals surface area (Å²) in [5.74, 6) is 0.608. The van der Waals surface area contributed by atoms with E-state index in [4.69, 9.17) is 22.3 Å². The molecule has 0 amide bonds. The Hall–Kier alpha value is -2.07. The van der Waals surface area contributed by atoms with Gasteiger partial charge in [-0.1, -0.05) is 29.8 Å². The first-order chi connectivity index (χ1) is 9.75. The summed E-state index contributed by atoms with van der Waals surface area (Å²) >= 11 is 6.32. The van der Waals surface area contributed by atoms with Crippen molar-refractivity contribution in [3.63, 3.8) is 0 Å². The molecule has 0 radical (unpaired) electrons. The van der Waals surface area contributed by atoms with Crippen LogP contribution in [-0.2, 0) is 12.8 Å². The van der Waals surface area contributed by atoms with Gasteiger partial charge in [0.05, 0.1) is 11.1 Å². The fourth-order valence-electron chi connectivity index (χ4n) is 3.05. The van der Waals surface area contributed by atoms with Gasteiger partial charge >= 0.3 is 0 Å². The fraction of sp³-hybridized carbons (Fsp3) is 0.200. The number of aromatic nitrogens is 3. The number of halogens is 1. The molecule has 4 rings (SSSR count). The Kier molecular flexibility index (Phi) is 2.47. The third-order valence-corrected chi connectivity index (χ3v) is 4.26. The van der Waals surface area contributed by atoms with Crippen molar-refractivity contribution in [2.45, 2.75) is 19.3 Å². The van der Waals surface area contributed by atoms with Crippen molar-refractivity contribution in [1.82, 2.24) is 15.2 Å². The first-order valence-electron chi connectivity index (χ1n) is 6.66. The number of nitrogens with two attached hydrogens (primary N) is 1. The zero-order valence-electron chi connectivity index (χ0n) is 10.8. The normalized spacial score (nSPS) is 13.8. The molecule has 0 atom stereocenters. The van der Waals surface area contributed by atoms with E-state index >= 15 is 0 Å². The van der Waals surface area contributed by atoms with Crippen LogP contribution in [0.25, 0.3) is 22.3 Å². The molecule has 1 aliphatic rings. The van der Waals surface area contributed by atoms with E-state index < -0.39 is 0 Å². The number of nitrogens with zero attached hydrogens (tertiary/aromatic N) is 2. The molecule has 3 aromatic rings. The van der Waals surface area contributed by atoms with E-state index in [1.165, 1.54) is 11.1 Å². The molecule has 20 heavy (non-hydrogen) atoms. The second-order valence-electron chi connectivity index (χ2n) is 5.09. The maximum absolute atomic E-state index is 6.32. The number of aromatic amines is 1. The Balaban J connectivity index is 2.09. The van der Waals surface area contributed by atoms with Crippen LogP contribution >= 0.6 is 11.6 Å². The lowest BCUT2D eigenvalue weighted by Gasteiger charge is -2.10. The summed E-state index contributed by atoms with van der Waals surface area (Å²) in [5.41, 5.74) is 11.1.